The van der Waals surface area contributed by atoms with Crippen LogP contribution in [-0.4, -0.2) is 48.6 Å². The van der Waals surface area contributed by atoms with Crippen LogP contribution in [0, 0.1) is 17.3 Å². The molecule has 0 bridgehead atoms. The molecule has 1 heterocycles. The van der Waals surface area contributed by atoms with Crippen LogP contribution in [0.15, 0.2) is 36.0 Å². The molecule has 0 unspecified atom stereocenters. The first-order chi connectivity index (χ1) is 12.3. The number of hydrogen-bond donors (Lipinski definition) is 1. The number of nitrogens with one attached hydrogen (secondary N) is 1. The molecule has 1 aliphatic rings. The zero-order valence-corrected chi connectivity index (χ0v) is 16.9. The van der Waals surface area contributed by atoms with Crippen molar-refractivity contribution >= 4 is 17.6 Å². The third kappa shape index (κ3) is 6.31. The van der Waals surface area contributed by atoms with Crippen molar-refractivity contribution in [3.63, 3.8) is 0 Å². The molecule has 1 aromatic rings. The van der Waals surface area contributed by atoms with E-state index in [0.29, 0.717) is 24.7 Å². The first-order valence-electron chi connectivity index (χ1n) is 9.00. The maximum atomic E-state index is 12.3. The lowest BCUT2D eigenvalue weighted by Crippen LogP contribution is -2.52. The van der Waals surface area contributed by atoms with Crippen LogP contribution in [0.5, 0.6) is 0 Å². The van der Waals surface area contributed by atoms with Crippen LogP contribution < -0.4 is 5.32 Å². The average molecular weight is 374 g/mol. The number of hydrogen-bond acceptors (Lipinski definition) is 2. The van der Waals surface area contributed by atoms with Gasteiger partial charge in [-0.2, -0.15) is 0 Å². The van der Waals surface area contributed by atoms with E-state index in [0.717, 1.165) is 24.4 Å². The highest BCUT2D eigenvalue weighted by Crippen LogP contribution is 2.13. The number of carbonyl (C=O) groups excluding carboxylic acids is 1. The van der Waals surface area contributed by atoms with Gasteiger partial charge in [-0.3, -0.25) is 0 Å². The molecule has 0 aromatic heterocycles. The molecule has 1 aromatic carbocycles. The standard InChI is InChI=1S/C21H28ClN3O/c1-5-19(10-9-17-7-6-8-18(22)15-17)24-11-13-25(14-12-24)20(26)23-16-21(2,3)4/h5-8,15H,11-14,16H2,1-4H3,(H,23,26)/b19-5-. The van der Waals surface area contributed by atoms with Crippen molar-refractivity contribution in [1.29, 1.82) is 0 Å². The molecular formula is C21H28ClN3O. The Balaban J connectivity index is 1.91. The SMILES string of the molecule is C/C=C(/C#Cc1cccc(Cl)c1)N1CCN(C(=O)NCC(C)(C)C)CC1. The Bertz CT molecular complexity index is 717. The molecule has 2 rings (SSSR count). The maximum absolute atomic E-state index is 12.3. The summed E-state index contributed by atoms with van der Waals surface area (Å²) in [5.74, 6) is 6.40. The first kappa shape index (κ1) is 20.2. The Kier molecular flexibility index (Phi) is 6.99. The van der Waals surface area contributed by atoms with Crippen molar-refractivity contribution in [1.82, 2.24) is 15.1 Å². The predicted octanol–water partition coefficient (Wildman–Crippen LogP) is 3.97. The average Bonchev–Trinajstić information content (AvgIpc) is 2.60. The number of piperazine rings is 1. The molecule has 1 saturated heterocycles. The molecule has 4 nitrogen and oxygen atoms in total. The van der Waals surface area contributed by atoms with Gasteiger partial charge in [0, 0.05) is 43.3 Å². The zero-order chi connectivity index (χ0) is 19.2. The molecule has 0 aliphatic carbocycles. The fourth-order valence-electron chi connectivity index (χ4n) is 2.64. The molecule has 26 heavy (non-hydrogen) atoms. The minimum absolute atomic E-state index is 0.0200. The van der Waals surface area contributed by atoms with E-state index in [4.69, 9.17) is 11.6 Å². The molecular weight excluding hydrogens is 346 g/mol. The van der Waals surface area contributed by atoms with E-state index >= 15 is 0 Å². The monoisotopic (exact) mass is 373 g/mol. The fourth-order valence-corrected chi connectivity index (χ4v) is 2.83. The van der Waals surface area contributed by atoms with Gasteiger partial charge in [0.05, 0.1) is 5.70 Å². The van der Waals surface area contributed by atoms with E-state index in [2.05, 4.69) is 42.8 Å². The minimum Gasteiger partial charge on any atom is -0.361 e. The van der Waals surface area contributed by atoms with Gasteiger partial charge in [0.25, 0.3) is 0 Å². The van der Waals surface area contributed by atoms with Gasteiger partial charge in [-0.15, -0.1) is 0 Å². The van der Waals surface area contributed by atoms with Crippen LogP contribution in [0.1, 0.15) is 33.3 Å². The van der Waals surface area contributed by atoms with Gasteiger partial charge in [0.2, 0.25) is 0 Å². The van der Waals surface area contributed by atoms with E-state index in [-0.39, 0.29) is 11.4 Å². The Hall–Kier alpha value is -2.12. The largest absolute Gasteiger partial charge is 0.361 e. The second kappa shape index (κ2) is 9.00. The number of amides is 2. The highest BCUT2D eigenvalue weighted by Gasteiger charge is 2.22. The van der Waals surface area contributed by atoms with Gasteiger partial charge in [-0.25, -0.2) is 4.79 Å². The van der Waals surface area contributed by atoms with E-state index < -0.39 is 0 Å². The van der Waals surface area contributed by atoms with Crippen molar-refractivity contribution in [2.24, 2.45) is 5.41 Å². The second-order valence-corrected chi connectivity index (χ2v) is 8.06. The van der Waals surface area contributed by atoms with Crippen LogP contribution in [0.2, 0.25) is 5.02 Å². The van der Waals surface area contributed by atoms with E-state index in [9.17, 15) is 4.79 Å². The first-order valence-corrected chi connectivity index (χ1v) is 9.38. The number of halogens is 1. The summed E-state index contributed by atoms with van der Waals surface area (Å²) in [6, 6.07) is 7.57. The quantitative estimate of drug-likeness (QED) is 0.796. The summed E-state index contributed by atoms with van der Waals surface area (Å²) in [5.41, 5.74) is 1.97. The third-order valence-corrected chi connectivity index (χ3v) is 4.35. The molecule has 5 heteroatoms. The topological polar surface area (TPSA) is 35.6 Å². The lowest BCUT2D eigenvalue weighted by atomic mass is 9.97. The van der Waals surface area contributed by atoms with Gasteiger partial charge < -0.3 is 15.1 Å². The minimum atomic E-state index is 0.0200. The Morgan fingerprint density at radius 1 is 1.23 bits per heavy atom. The number of benzene rings is 1. The van der Waals surface area contributed by atoms with E-state index in [1.807, 2.05) is 42.2 Å². The van der Waals surface area contributed by atoms with Gasteiger partial charge in [0.15, 0.2) is 0 Å². The summed E-state index contributed by atoms with van der Waals surface area (Å²) >= 11 is 6.01. The summed E-state index contributed by atoms with van der Waals surface area (Å²) in [7, 11) is 0. The van der Waals surface area contributed by atoms with E-state index in [1.165, 1.54) is 0 Å². The summed E-state index contributed by atoms with van der Waals surface area (Å²) in [4.78, 5) is 16.4. The fraction of sp³-hybridized carbons (Fsp3) is 0.476. The Morgan fingerprint density at radius 2 is 1.88 bits per heavy atom. The normalized spacial score (nSPS) is 15.3. The summed E-state index contributed by atoms with van der Waals surface area (Å²) in [6.07, 6.45) is 2.02. The molecule has 1 fully saturated rings. The Morgan fingerprint density at radius 3 is 2.46 bits per heavy atom. The van der Waals surface area contributed by atoms with Crippen molar-refractivity contribution in [3.05, 3.63) is 46.6 Å². The van der Waals surface area contributed by atoms with Crippen LogP contribution >= 0.6 is 11.6 Å². The molecule has 2 amide bonds. The highest BCUT2D eigenvalue weighted by molar-refractivity contribution is 6.30. The smallest absolute Gasteiger partial charge is 0.317 e. The van der Waals surface area contributed by atoms with Crippen LogP contribution in [-0.2, 0) is 0 Å². The van der Waals surface area contributed by atoms with Crippen LogP contribution in [0.25, 0.3) is 0 Å². The molecule has 0 radical (unpaired) electrons. The summed E-state index contributed by atoms with van der Waals surface area (Å²) in [6.45, 7) is 12.0. The van der Waals surface area contributed by atoms with Gasteiger partial charge in [0.1, 0.15) is 0 Å². The Labute approximate surface area is 162 Å². The van der Waals surface area contributed by atoms with Crippen LogP contribution in [0.3, 0.4) is 0 Å². The number of nitrogens with zero attached hydrogens (tertiary/aromatic N) is 2. The number of urea groups is 1. The highest BCUT2D eigenvalue weighted by atomic mass is 35.5. The van der Waals surface area contributed by atoms with Crippen molar-refractivity contribution in [2.75, 3.05) is 32.7 Å². The molecule has 1 N–H and O–H groups in total. The maximum Gasteiger partial charge on any atom is 0.317 e. The molecule has 0 atom stereocenters. The zero-order valence-electron chi connectivity index (χ0n) is 16.1. The lowest BCUT2D eigenvalue weighted by Gasteiger charge is -2.36. The van der Waals surface area contributed by atoms with E-state index in [1.54, 1.807) is 0 Å². The van der Waals surface area contributed by atoms with Gasteiger partial charge in [-0.1, -0.05) is 50.4 Å². The van der Waals surface area contributed by atoms with Crippen molar-refractivity contribution < 1.29 is 4.79 Å². The summed E-state index contributed by atoms with van der Waals surface area (Å²) < 4.78 is 0. The van der Waals surface area contributed by atoms with Gasteiger partial charge >= 0.3 is 6.03 Å². The molecule has 140 valence electrons. The van der Waals surface area contributed by atoms with Crippen LogP contribution in [0.4, 0.5) is 4.79 Å². The van der Waals surface area contributed by atoms with Crippen molar-refractivity contribution in [3.8, 4) is 11.8 Å². The van der Waals surface area contributed by atoms with Gasteiger partial charge in [-0.05, 0) is 36.5 Å². The van der Waals surface area contributed by atoms with Crippen molar-refractivity contribution in [2.45, 2.75) is 27.7 Å². The summed E-state index contributed by atoms with van der Waals surface area (Å²) in [5, 5.41) is 3.70. The number of allylic oxidation sites excluding steroid dienone is 2. The predicted molar refractivity (Wildman–Crippen MR) is 108 cm³/mol. The molecule has 0 spiro atoms. The number of carbonyl (C=O) groups is 1. The second-order valence-electron chi connectivity index (χ2n) is 7.63. The lowest BCUT2D eigenvalue weighted by molar-refractivity contribution is 0.156. The third-order valence-electron chi connectivity index (χ3n) is 4.11. The molecule has 0 saturated carbocycles. The number of rotatable bonds is 2. The molecule has 1 aliphatic heterocycles.